The van der Waals surface area contributed by atoms with Gasteiger partial charge in [0.05, 0.1) is 0 Å². The quantitative estimate of drug-likeness (QED) is 0.684. The molecule has 0 spiro atoms. The fourth-order valence-corrected chi connectivity index (χ4v) is 3.02. The summed E-state index contributed by atoms with van der Waals surface area (Å²) in [7, 11) is 0. The average Bonchev–Trinajstić information content (AvgIpc) is 2.65. The zero-order valence-corrected chi connectivity index (χ0v) is 9.80. The van der Waals surface area contributed by atoms with Crippen molar-refractivity contribution < 1.29 is 9.90 Å². The van der Waals surface area contributed by atoms with E-state index >= 15 is 0 Å². The van der Waals surface area contributed by atoms with Gasteiger partial charge in [0.1, 0.15) is 6.04 Å². The number of nitrogens with two attached hydrogens (primary N) is 1. The molecule has 2 rings (SSSR count). The lowest BCUT2D eigenvalue weighted by Crippen LogP contribution is -2.61. The summed E-state index contributed by atoms with van der Waals surface area (Å²) in [6, 6.07) is 0.321. The summed E-state index contributed by atoms with van der Waals surface area (Å²) in [5.41, 5.74) is 5.57. The third-order valence-electron chi connectivity index (χ3n) is 3.89. The van der Waals surface area contributed by atoms with Crippen molar-refractivity contribution in [3.05, 3.63) is 0 Å². The second-order valence-electron chi connectivity index (χ2n) is 4.93. The molecule has 0 amide bonds. The number of aliphatic carboxylic acids is 1. The standard InChI is InChI=1S/C11H21N3O2/c1-8-6-13-4-2-3-9(13)7-14(8)10(5-12)11(15)16/h8-10H,2-7,12H2,1H3,(H,15,16). The first-order chi connectivity index (χ1) is 7.63. The summed E-state index contributed by atoms with van der Waals surface area (Å²) in [4.78, 5) is 15.7. The van der Waals surface area contributed by atoms with Crippen LogP contribution in [0.4, 0.5) is 0 Å². The first-order valence-corrected chi connectivity index (χ1v) is 6.06. The normalized spacial score (nSPS) is 33.6. The Morgan fingerprint density at radius 1 is 1.56 bits per heavy atom. The Kier molecular flexibility index (Phi) is 3.47. The summed E-state index contributed by atoms with van der Waals surface area (Å²) in [5, 5.41) is 9.15. The van der Waals surface area contributed by atoms with Gasteiger partial charge in [0.25, 0.3) is 0 Å². The Hall–Kier alpha value is -0.650. The highest BCUT2D eigenvalue weighted by molar-refractivity contribution is 5.73. The van der Waals surface area contributed by atoms with E-state index in [1.54, 1.807) is 0 Å². The Balaban J connectivity index is 2.06. The van der Waals surface area contributed by atoms with Gasteiger partial charge in [0.2, 0.25) is 0 Å². The molecule has 0 aromatic carbocycles. The van der Waals surface area contributed by atoms with Gasteiger partial charge in [-0.25, -0.2) is 0 Å². The van der Waals surface area contributed by atoms with Crippen LogP contribution in [0.2, 0.25) is 0 Å². The van der Waals surface area contributed by atoms with Crippen LogP contribution in [-0.4, -0.2) is 65.2 Å². The monoisotopic (exact) mass is 227 g/mol. The van der Waals surface area contributed by atoms with Crippen LogP contribution in [0, 0.1) is 0 Å². The zero-order valence-electron chi connectivity index (χ0n) is 9.80. The molecule has 0 bridgehead atoms. The van der Waals surface area contributed by atoms with E-state index in [4.69, 9.17) is 10.8 Å². The van der Waals surface area contributed by atoms with Gasteiger partial charge in [-0.2, -0.15) is 0 Å². The number of hydrogen-bond donors (Lipinski definition) is 2. The molecule has 92 valence electrons. The van der Waals surface area contributed by atoms with Gasteiger partial charge in [-0.15, -0.1) is 0 Å². The lowest BCUT2D eigenvalue weighted by Gasteiger charge is -2.44. The van der Waals surface area contributed by atoms with Crippen LogP contribution in [0.15, 0.2) is 0 Å². The molecule has 3 unspecified atom stereocenters. The Bertz CT molecular complexity index is 272. The molecule has 2 saturated heterocycles. The van der Waals surface area contributed by atoms with Gasteiger partial charge in [0, 0.05) is 31.7 Å². The molecule has 0 aliphatic carbocycles. The highest BCUT2D eigenvalue weighted by Gasteiger charge is 2.38. The van der Waals surface area contributed by atoms with Crippen molar-refractivity contribution >= 4 is 5.97 Å². The van der Waals surface area contributed by atoms with Crippen molar-refractivity contribution in [1.29, 1.82) is 0 Å². The molecule has 0 radical (unpaired) electrons. The van der Waals surface area contributed by atoms with Gasteiger partial charge in [-0.3, -0.25) is 14.6 Å². The molecule has 0 aromatic heterocycles. The van der Waals surface area contributed by atoms with Crippen molar-refractivity contribution in [3.63, 3.8) is 0 Å². The van der Waals surface area contributed by atoms with Crippen LogP contribution in [0.3, 0.4) is 0 Å². The van der Waals surface area contributed by atoms with Crippen molar-refractivity contribution in [2.75, 3.05) is 26.2 Å². The first-order valence-electron chi connectivity index (χ1n) is 6.06. The zero-order chi connectivity index (χ0) is 11.7. The highest BCUT2D eigenvalue weighted by Crippen LogP contribution is 2.25. The first kappa shape index (κ1) is 11.8. The topological polar surface area (TPSA) is 69.8 Å². The molecule has 2 aliphatic heterocycles. The van der Waals surface area contributed by atoms with E-state index in [9.17, 15) is 4.79 Å². The molecule has 3 atom stereocenters. The van der Waals surface area contributed by atoms with Gasteiger partial charge in [-0.05, 0) is 26.3 Å². The fourth-order valence-electron chi connectivity index (χ4n) is 3.02. The number of nitrogens with zero attached hydrogens (tertiary/aromatic N) is 2. The Morgan fingerprint density at radius 3 is 2.94 bits per heavy atom. The fraction of sp³-hybridized carbons (Fsp3) is 0.909. The third-order valence-corrected chi connectivity index (χ3v) is 3.89. The molecular weight excluding hydrogens is 206 g/mol. The van der Waals surface area contributed by atoms with Crippen LogP contribution in [0.25, 0.3) is 0 Å². The smallest absolute Gasteiger partial charge is 0.322 e. The number of rotatable bonds is 3. The lowest BCUT2D eigenvalue weighted by molar-refractivity contribution is -0.145. The van der Waals surface area contributed by atoms with Gasteiger partial charge in [-0.1, -0.05) is 0 Å². The number of carboxylic acid groups (broad SMARTS) is 1. The maximum Gasteiger partial charge on any atom is 0.322 e. The minimum atomic E-state index is -0.791. The van der Waals surface area contributed by atoms with E-state index in [2.05, 4.69) is 16.7 Å². The van der Waals surface area contributed by atoms with Crippen LogP contribution >= 0.6 is 0 Å². The number of carbonyl (C=O) groups is 1. The van der Waals surface area contributed by atoms with E-state index in [1.807, 2.05) is 0 Å². The lowest BCUT2D eigenvalue weighted by atomic mass is 10.0. The summed E-state index contributed by atoms with van der Waals surface area (Å²) in [6.07, 6.45) is 2.44. The molecule has 5 heteroatoms. The molecule has 2 heterocycles. The average molecular weight is 227 g/mol. The van der Waals surface area contributed by atoms with Crippen LogP contribution < -0.4 is 5.73 Å². The van der Waals surface area contributed by atoms with Crippen molar-refractivity contribution in [3.8, 4) is 0 Å². The van der Waals surface area contributed by atoms with Crippen LogP contribution in [0.1, 0.15) is 19.8 Å². The second kappa shape index (κ2) is 4.69. The summed E-state index contributed by atoms with van der Waals surface area (Å²) >= 11 is 0. The predicted octanol–water partition coefficient (Wildman–Crippen LogP) is -0.433. The number of hydrogen-bond acceptors (Lipinski definition) is 4. The maximum atomic E-state index is 11.1. The van der Waals surface area contributed by atoms with Gasteiger partial charge >= 0.3 is 5.97 Å². The van der Waals surface area contributed by atoms with E-state index in [0.29, 0.717) is 12.1 Å². The number of carboxylic acids is 1. The molecule has 2 aliphatic rings. The SMILES string of the molecule is CC1CN2CCCC2CN1C(CN)C(=O)O. The summed E-state index contributed by atoms with van der Waals surface area (Å²) in [5.74, 6) is -0.791. The van der Waals surface area contributed by atoms with Crippen molar-refractivity contribution in [2.45, 2.75) is 37.9 Å². The Labute approximate surface area is 96.2 Å². The largest absolute Gasteiger partial charge is 0.480 e. The van der Waals surface area contributed by atoms with E-state index in [-0.39, 0.29) is 6.54 Å². The molecule has 3 N–H and O–H groups in total. The molecular formula is C11H21N3O2. The van der Waals surface area contributed by atoms with E-state index in [1.165, 1.54) is 19.4 Å². The summed E-state index contributed by atoms with van der Waals surface area (Å²) in [6.45, 7) is 5.31. The molecule has 5 nitrogen and oxygen atoms in total. The number of piperazine rings is 1. The van der Waals surface area contributed by atoms with E-state index < -0.39 is 12.0 Å². The third kappa shape index (κ3) is 2.07. The minimum Gasteiger partial charge on any atom is -0.480 e. The van der Waals surface area contributed by atoms with Crippen molar-refractivity contribution in [1.82, 2.24) is 9.80 Å². The molecule has 16 heavy (non-hydrogen) atoms. The maximum absolute atomic E-state index is 11.1. The molecule has 0 aromatic rings. The molecule has 2 fully saturated rings. The van der Waals surface area contributed by atoms with Crippen molar-refractivity contribution in [2.24, 2.45) is 5.73 Å². The van der Waals surface area contributed by atoms with Gasteiger partial charge in [0.15, 0.2) is 0 Å². The number of fused-ring (bicyclic) bond motifs is 1. The predicted molar refractivity (Wildman–Crippen MR) is 61.2 cm³/mol. The minimum absolute atomic E-state index is 0.201. The summed E-state index contributed by atoms with van der Waals surface area (Å²) < 4.78 is 0. The second-order valence-corrected chi connectivity index (χ2v) is 4.93. The van der Waals surface area contributed by atoms with Gasteiger partial charge < -0.3 is 10.8 Å². The highest BCUT2D eigenvalue weighted by atomic mass is 16.4. The molecule has 0 saturated carbocycles. The van der Waals surface area contributed by atoms with Crippen LogP contribution in [0.5, 0.6) is 0 Å². The Morgan fingerprint density at radius 2 is 2.31 bits per heavy atom. The van der Waals surface area contributed by atoms with Crippen LogP contribution in [-0.2, 0) is 4.79 Å². The van der Waals surface area contributed by atoms with E-state index in [0.717, 1.165) is 13.1 Å².